The number of allylic oxidation sites excluding steroid dienone is 1. The molecular weight excluding hydrogens is 268 g/mol. The van der Waals surface area contributed by atoms with Crippen LogP contribution in [0.15, 0.2) is 11.6 Å². The summed E-state index contributed by atoms with van der Waals surface area (Å²) in [6.45, 7) is 4.51. The van der Waals surface area contributed by atoms with Crippen LogP contribution in [0.2, 0.25) is 0 Å². The minimum atomic E-state index is -0.997. The number of rotatable bonds is 9. The predicted molar refractivity (Wildman–Crippen MR) is 81.9 cm³/mol. The Balaban J connectivity index is 2.34. The zero-order chi connectivity index (χ0) is 15.7. The van der Waals surface area contributed by atoms with Crippen molar-refractivity contribution in [1.82, 2.24) is 0 Å². The molecule has 0 heterocycles. The molecule has 1 aliphatic carbocycles. The van der Waals surface area contributed by atoms with E-state index in [1.165, 1.54) is 25.7 Å². The normalized spacial score (nSPS) is 21.7. The molecule has 0 aromatic rings. The molecule has 0 bridgehead atoms. The smallest absolute Gasteiger partial charge is 0.332 e. The van der Waals surface area contributed by atoms with Crippen LogP contribution < -0.4 is 0 Å². The third-order valence-electron chi connectivity index (χ3n) is 4.13. The van der Waals surface area contributed by atoms with Crippen LogP contribution in [0, 0.1) is 11.8 Å². The predicted octanol–water partition coefficient (Wildman–Crippen LogP) is 3.95. The van der Waals surface area contributed by atoms with Crippen LogP contribution in [0.3, 0.4) is 0 Å². The van der Waals surface area contributed by atoms with E-state index in [1.54, 1.807) is 6.08 Å². The minimum Gasteiger partial charge on any atom is -0.478 e. The minimum absolute atomic E-state index is 0.0400. The average Bonchev–Trinajstić information content (AvgIpc) is 2.45. The van der Waals surface area contributed by atoms with Crippen LogP contribution in [0.25, 0.3) is 0 Å². The Morgan fingerprint density at radius 1 is 1.24 bits per heavy atom. The third kappa shape index (κ3) is 5.90. The summed E-state index contributed by atoms with van der Waals surface area (Å²) in [4.78, 5) is 23.3. The Morgan fingerprint density at radius 2 is 1.90 bits per heavy atom. The van der Waals surface area contributed by atoms with Crippen molar-refractivity contribution in [2.75, 3.05) is 6.61 Å². The van der Waals surface area contributed by atoms with Crippen molar-refractivity contribution in [3.05, 3.63) is 11.6 Å². The molecule has 0 spiro atoms. The molecule has 1 N–H and O–H groups in total. The quantitative estimate of drug-likeness (QED) is 0.517. The number of ether oxygens (including phenoxy) is 1. The maximum atomic E-state index is 12.1. The van der Waals surface area contributed by atoms with Gasteiger partial charge in [-0.2, -0.15) is 0 Å². The monoisotopic (exact) mass is 296 g/mol. The standard InChI is InChI=1S/C17H28O4/c1-3-4-5-6-7-8-12-21-17(20)15-13(2)10-9-11-14(15)16(18)19/h11,13,15H,3-10,12H2,1-2H3,(H,18,19). The van der Waals surface area contributed by atoms with E-state index in [9.17, 15) is 14.7 Å². The van der Waals surface area contributed by atoms with Crippen LogP contribution in [0.5, 0.6) is 0 Å². The molecule has 0 fully saturated rings. The van der Waals surface area contributed by atoms with Crippen LogP contribution in [0.4, 0.5) is 0 Å². The van der Waals surface area contributed by atoms with E-state index in [0.717, 1.165) is 25.7 Å². The molecule has 120 valence electrons. The van der Waals surface area contributed by atoms with Gasteiger partial charge in [0, 0.05) is 5.57 Å². The fraction of sp³-hybridized carbons (Fsp3) is 0.765. The molecule has 1 aliphatic rings. The van der Waals surface area contributed by atoms with Gasteiger partial charge in [0.05, 0.1) is 12.5 Å². The molecule has 2 atom stereocenters. The molecule has 1 rings (SSSR count). The van der Waals surface area contributed by atoms with Crippen molar-refractivity contribution in [2.24, 2.45) is 11.8 Å². The van der Waals surface area contributed by atoms with Crippen molar-refractivity contribution in [3.8, 4) is 0 Å². The molecular formula is C17H28O4. The van der Waals surface area contributed by atoms with E-state index >= 15 is 0 Å². The number of carboxylic acid groups (broad SMARTS) is 1. The number of carbonyl (C=O) groups is 2. The molecule has 4 nitrogen and oxygen atoms in total. The van der Waals surface area contributed by atoms with Crippen molar-refractivity contribution in [2.45, 2.75) is 65.2 Å². The zero-order valence-corrected chi connectivity index (χ0v) is 13.3. The van der Waals surface area contributed by atoms with E-state index in [0.29, 0.717) is 6.61 Å². The summed E-state index contributed by atoms with van der Waals surface area (Å²) in [5, 5.41) is 9.19. The lowest BCUT2D eigenvalue weighted by Gasteiger charge is -2.26. The van der Waals surface area contributed by atoms with Gasteiger partial charge in [0.15, 0.2) is 0 Å². The van der Waals surface area contributed by atoms with Gasteiger partial charge in [0.1, 0.15) is 0 Å². The highest BCUT2D eigenvalue weighted by Gasteiger charge is 2.35. The Kier molecular flexibility index (Phi) is 8.09. The second-order valence-corrected chi connectivity index (χ2v) is 5.93. The second kappa shape index (κ2) is 9.59. The number of hydrogen-bond acceptors (Lipinski definition) is 3. The Bertz CT molecular complexity index is 373. The van der Waals surface area contributed by atoms with Gasteiger partial charge in [0.2, 0.25) is 0 Å². The van der Waals surface area contributed by atoms with Crippen LogP contribution in [-0.4, -0.2) is 23.7 Å². The van der Waals surface area contributed by atoms with Crippen LogP contribution >= 0.6 is 0 Å². The Labute approximate surface area is 127 Å². The first-order valence-corrected chi connectivity index (χ1v) is 8.17. The maximum absolute atomic E-state index is 12.1. The lowest BCUT2D eigenvalue weighted by atomic mass is 9.79. The molecule has 0 saturated heterocycles. The summed E-state index contributed by atoms with van der Waals surface area (Å²) in [5.74, 6) is -1.93. The highest BCUT2D eigenvalue weighted by atomic mass is 16.5. The summed E-state index contributed by atoms with van der Waals surface area (Å²) in [6.07, 6.45) is 10.0. The molecule has 0 aromatic heterocycles. The highest BCUT2D eigenvalue weighted by molar-refractivity contribution is 5.94. The largest absolute Gasteiger partial charge is 0.478 e. The van der Waals surface area contributed by atoms with Crippen molar-refractivity contribution >= 4 is 11.9 Å². The van der Waals surface area contributed by atoms with Crippen LogP contribution in [0.1, 0.15) is 65.2 Å². The number of hydrogen-bond donors (Lipinski definition) is 1. The van der Waals surface area contributed by atoms with Gasteiger partial charge in [0.25, 0.3) is 0 Å². The molecule has 0 aromatic carbocycles. The molecule has 0 amide bonds. The number of esters is 1. The average molecular weight is 296 g/mol. The van der Waals surface area contributed by atoms with Crippen molar-refractivity contribution < 1.29 is 19.4 Å². The second-order valence-electron chi connectivity index (χ2n) is 5.93. The maximum Gasteiger partial charge on any atom is 0.332 e. The van der Waals surface area contributed by atoms with E-state index in [1.807, 2.05) is 6.92 Å². The van der Waals surface area contributed by atoms with E-state index in [2.05, 4.69) is 6.92 Å². The molecule has 0 radical (unpaired) electrons. The number of aliphatic carboxylic acids is 1. The first-order valence-electron chi connectivity index (χ1n) is 8.17. The summed E-state index contributed by atoms with van der Waals surface area (Å²) < 4.78 is 5.30. The molecule has 0 aliphatic heterocycles. The molecule has 4 heteroatoms. The van der Waals surface area contributed by atoms with Gasteiger partial charge < -0.3 is 9.84 Å². The SMILES string of the molecule is CCCCCCCCOC(=O)C1C(C(=O)O)=CCCC1C. The fourth-order valence-electron chi connectivity index (χ4n) is 2.83. The molecule has 21 heavy (non-hydrogen) atoms. The number of unbranched alkanes of at least 4 members (excludes halogenated alkanes) is 5. The lowest BCUT2D eigenvalue weighted by molar-refractivity contribution is -0.151. The van der Waals surface area contributed by atoms with Gasteiger partial charge in [-0.05, 0) is 25.2 Å². The van der Waals surface area contributed by atoms with Crippen molar-refractivity contribution in [1.29, 1.82) is 0 Å². The first kappa shape index (κ1) is 17.7. The summed E-state index contributed by atoms with van der Waals surface area (Å²) >= 11 is 0. The topological polar surface area (TPSA) is 63.6 Å². The number of carbonyl (C=O) groups excluding carboxylic acids is 1. The van der Waals surface area contributed by atoms with Gasteiger partial charge in [-0.25, -0.2) is 4.79 Å². The summed E-state index contributed by atoms with van der Waals surface area (Å²) in [7, 11) is 0. The Hall–Kier alpha value is -1.32. The van der Waals surface area contributed by atoms with Gasteiger partial charge in [-0.1, -0.05) is 52.0 Å². The lowest BCUT2D eigenvalue weighted by Crippen LogP contribution is -2.31. The Morgan fingerprint density at radius 3 is 2.57 bits per heavy atom. The fourth-order valence-corrected chi connectivity index (χ4v) is 2.83. The van der Waals surface area contributed by atoms with Crippen molar-refractivity contribution in [3.63, 3.8) is 0 Å². The molecule has 0 saturated carbocycles. The number of carboxylic acids is 1. The van der Waals surface area contributed by atoms with E-state index in [4.69, 9.17) is 4.74 Å². The summed E-state index contributed by atoms with van der Waals surface area (Å²) in [6, 6.07) is 0. The third-order valence-corrected chi connectivity index (χ3v) is 4.13. The molecule has 2 unspecified atom stereocenters. The highest BCUT2D eigenvalue weighted by Crippen LogP contribution is 2.31. The van der Waals surface area contributed by atoms with E-state index < -0.39 is 11.9 Å². The van der Waals surface area contributed by atoms with Gasteiger partial charge >= 0.3 is 11.9 Å². The zero-order valence-electron chi connectivity index (χ0n) is 13.3. The van der Waals surface area contributed by atoms with E-state index in [-0.39, 0.29) is 17.5 Å². The van der Waals surface area contributed by atoms with Crippen LogP contribution in [-0.2, 0) is 14.3 Å². The van der Waals surface area contributed by atoms with Gasteiger partial charge in [-0.3, -0.25) is 4.79 Å². The summed E-state index contributed by atoms with van der Waals surface area (Å²) in [5.41, 5.74) is 0.210. The first-order chi connectivity index (χ1) is 10.1. The van der Waals surface area contributed by atoms with Gasteiger partial charge in [-0.15, -0.1) is 0 Å².